The van der Waals surface area contributed by atoms with Crippen molar-refractivity contribution in [2.75, 3.05) is 12.4 Å². The minimum atomic E-state index is -0.330. The van der Waals surface area contributed by atoms with Crippen LogP contribution in [0.25, 0.3) is 0 Å². The van der Waals surface area contributed by atoms with Crippen molar-refractivity contribution < 1.29 is 9.18 Å². The van der Waals surface area contributed by atoms with Crippen LogP contribution in [0.4, 0.5) is 10.1 Å². The van der Waals surface area contributed by atoms with Crippen molar-refractivity contribution in [1.82, 2.24) is 4.90 Å². The van der Waals surface area contributed by atoms with Gasteiger partial charge in [-0.05, 0) is 49.9 Å². The van der Waals surface area contributed by atoms with Crippen molar-refractivity contribution in [3.8, 4) is 0 Å². The molecular formula is C17H18ClFN2O. The highest BCUT2D eigenvalue weighted by molar-refractivity contribution is 6.30. The first-order valence-electron chi connectivity index (χ1n) is 6.97. The van der Waals surface area contributed by atoms with Gasteiger partial charge in [0, 0.05) is 17.3 Å². The van der Waals surface area contributed by atoms with E-state index in [2.05, 4.69) is 5.32 Å². The van der Waals surface area contributed by atoms with Crippen molar-refractivity contribution in [1.29, 1.82) is 0 Å². The zero-order chi connectivity index (χ0) is 16.1. The molecule has 1 atom stereocenters. The van der Waals surface area contributed by atoms with Crippen LogP contribution in [-0.2, 0) is 11.3 Å². The number of nitrogens with one attached hydrogen (secondary N) is 1. The highest BCUT2D eigenvalue weighted by atomic mass is 35.5. The van der Waals surface area contributed by atoms with Crippen LogP contribution < -0.4 is 5.32 Å². The Hall–Kier alpha value is -1.91. The van der Waals surface area contributed by atoms with Gasteiger partial charge in [-0.2, -0.15) is 0 Å². The second kappa shape index (κ2) is 7.38. The second-order valence-corrected chi connectivity index (χ2v) is 5.65. The molecule has 1 amide bonds. The van der Waals surface area contributed by atoms with E-state index in [9.17, 15) is 9.18 Å². The number of likely N-dealkylation sites (N-methyl/N-ethyl adjacent to an activating group) is 1. The van der Waals surface area contributed by atoms with E-state index in [1.54, 1.807) is 36.4 Å². The maximum Gasteiger partial charge on any atom is 0.241 e. The minimum Gasteiger partial charge on any atom is -0.325 e. The summed E-state index contributed by atoms with van der Waals surface area (Å²) in [5.41, 5.74) is 1.62. The molecule has 0 saturated carbocycles. The average molecular weight is 321 g/mol. The van der Waals surface area contributed by atoms with Gasteiger partial charge in [-0.3, -0.25) is 9.69 Å². The third kappa shape index (κ3) is 4.55. The van der Waals surface area contributed by atoms with Gasteiger partial charge in [-0.15, -0.1) is 0 Å². The fourth-order valence-electron chi connectivity index (χ4n) is 2.03. The number of carbonyl (C=O) groups is 1. The predicted molar refractivity (Wildman–Crippen MR) is 87.4 cm³/mol. The normalized spacial score (nSPS) is 12.2. The van der Waals surface area contributed by atoms with E-state index in [0.29, 0.717) is 17.3 Å². The molecule has 0 aromatic heterocycles. The highest BCUT2D eigenvalue weighted by Crippen LogP contribution is 2.16. The third-order valence-corrected chi connectivity index (χ3v) is 3.71. The molecule has 0 heterocycles. The van der Waals surface area contributed by atoms with Crippen molar-refractivity contribution in [2.24, 2.45) is 0 Å². The third-order valence-electron chi connectivity index (χ3n) is 3.48. The average Bonchev–Trinajstić information content (AvgIpc) is 2.48. The molecule has 2 aromatic carbocycles. The van der Waals surface area contributed by atoms with E-state index in [-0.39, 0.29) is 17.8 Å². The summed E-state index contributed by atoms with van der Waals surface area (Å²) >= 11 is 5.90. The molecule has 3 nitrogen and oxygen atoms in total. The number of halogens is 2. The number of hydrogen-bond donors (Lipinski definition) is 1. The second-order valence-electron chi connectivity index (χ2n) is 5.22. The molecule has 1 N–H and O–H groups in total. The van der Waals surface area contributed by atoms with Crippen LogP contribution in [0.5, 0.6) is 0 Å². The molecule has 0 radical (unpaired) electrons. The molecule has 2 rings (SSSR count). The van der Waals surface area contributed by atoms with Crippen LogP contribution in [0.3, 0.4) is 0 Å². The van der Waals surface area contributed by atoms with Crippen LogP contribution in [0.1, 0.15) is 12.5 Å². The van der Waals surface area contributed by atoms with Gasteiger partial charge in [0.1, 0.15) is 5.82 Å². The Labute approximate surface area is 134 Å². The summed E-state index contributed by atoms with van der Waals surface area (Å²) in [6, 6.07) is 13.0. The van der Waals surface area contributed by atoms with E-state index < -0.39 is 0 Å². The highest BCUT2D eigenvalue weighted by Gasteiger charge is 2.18. The number of anilines is 1. The molecule has 0 aliphatic heterocycles. The van der Waals surface area contributed by atoms with Crippen molar-refractivity contribution >= 4 is 23.2 Å². The lowest BCUT2D eigenvalue weighted by Gasteiger charge is -2.24. The first kappa shape index (κ1) is 16.5. The molecule has 22 heavy (non-hydrogen) atoms. The van der Waals surface area contributed by atoms with Gasteiger partial charge < -0.3 is 5.32 Å². The van der Waals surface area contributed by atoms with E-state index in [1.807, 2.05) is 18.9 Å². The van der Waals surface area contributed by atoms with E-state index in [1.165, 1.54) is 12.1 Å². The lowest BCUT2D eigenvalue weighted by molar-refractivity contribution is -0.120. The van der Waals surface area contributed by atoms with E-state index in [0.717, 1.165) is 5.56 Å². The molecule has 0 unspecified atom stereocenters. The van der Waals surface area contributed by atoms with Gasteiger partial charge in [0.25, 0.3) is 0 Å². The molecule has 0 saturated heterocycles. The van der Waals surface area contributed by atoms with Crippen LogP contribution >= 0.6 is 11.6 Å². The number of amides is 1. The van der Waals surface area contributed by atoms with Crippen molar-refractivity contribution in [3.63, 3.8) is 0 Å². The van der Waals surface area contributed by atoms with Crippen molar-refractivity contribution in [3.05, 3.63) is 64.9 Å². The molecule has 0 fully saturated rings. The summed E-state index contributed by atoms with van der Waals surface area (Å²) in [5.74, 6) is -0.384. The van der Waals surface area contributed by atoms with Crippen molar-refractivity contribution in [2.45, 2.75) is 19.5 Å². The Kier molecular flexibility index (Phi) is 5.52. The van der Waals surface area contributed by atoms with Crippen LogP contribution in [0.15, 0.2) is 48.5 Å². The molecule has 0 aliphatic rings. The van der Waals surface area contributed by atoms with E-state index in [4.69, 9.17) is 11.6 Å². The maximum atomic E-state index is 12.9. The number of rotatable bonds is 5. The van der Waals surface area contributed by atoms with Gasteiger partial charge in [0.05, 0.1) is 6.04 Å². The number of benzene rings is 2. The summed E-state index contributed by atoms with van der Waals surface area (Å²) in [4.78, 5) is 14.1. The predicted octanol–water partition coefficient (Wildman–Crippen LogP) is 3.94. The first-order chi connectivity index (χ1) is 10.5. The number of carbonyl (C=O) groups excluding carboxylic acids is 1. The van der Waals surface area contributed by atoms with Gasteiger partial charge in [-0.25, -0.2) is 4.39 Å². The summed E-state index contributed by atoms with van der Waals surface area (Å²) in [5, 5.41) is 3.41. The molecule has 0 aliphatic carbocycles. The largest absolute Gasteiger partial charge is 0.325 e. The standard InChI is InChI=1S/C17H18ClFN2O/c1-12(17(22)20-16-5-3-4-14(18)10-16)21(2)11-13-6-8-15(19)9-7-13/h3-10,12H,11H2,1-2H3,(H,20,22)/t12-/m0/s1. The zero-order valence-corrected chi connectivity index (χ0v) is 13.3. The summed E-state index contributed by atoms with van der Waals surface area (Å²) in [6.45, 7) is 2.38. The Balaban J connectivity index is 1.95. The zero-order valence-electron chi connectivity index (χ0n) is 12.5. The maximum absolute atomic E-state index is 12.9. The Morgan fingerprint density at radius 1 is 1.27 bits per heavy atom. The number of hydrogen-bond acceptors (Lipinski definition) is 2. The SMILES string of the molecule is C[C@@H](C(=O)Nc1cccc(Cl)c1)N(C)Cc1ccc(F)cc1. The topological polar surface area (TPSA) is 32.3 Å². The molecule has 2 aromatic rings. The number of nitrogens with zero attached hydrogens (tertiary/aromatic N) is 1. The minimum absolute atomic E-state index is 0.119. The quantitative estimate of drug-likeness (QED) is 0.905. The smallest absolute Gasteiger partial charge is 0.241 e. The Bertz CT molecular complexity index is 645. The Morgan fingerprint density at radius 3 is 2.59 bits per heavy atom. The van der Waals surface area contributed by atoms with Gasteiger partial charge in [-0.1, -0.05) is 29.8 Å². The fraction of sp³-hybridized carbons (Fsp3) is 0.235. The monoisotopic (exact) mass is 320 g/mol. The van der Waals surface area contributed by atoms with Crippen LogP contribution in [-0.4, -0.2) is 23.9 Å². The van der Waals surface area contributed by atoms with Gasteiger partial charge in [0.2, 0.25) is 5.91 Å². The van der Waals surface area contributed by atoms with Gasteiger partial charge >= 0.3 is 0 Å². The lowest BCUT2D eigenvalue weighted by atomic mass is 10.2. The molecular weight excluding hydrogens is 303 g/mol. The molecule has 116 valence electrons. The lowest BCUT2D eigenvalue weighted by Crippen LogP contribution is -2.39. The molecule has 5 heteroatoms. The Morgan fingerprint density at radius 2 is 1.95 bits per heavy atom. The fourth-order valence-corrected chi connectivity index (χ4v) is 2.22. The van der Waals surface area contributed by atoms with Crippen LogP contribution in [0, 0.1) is 5.82 Å². The molecule has 0 bridgehead atoms. The summed E-state index contributed by atoms with van der Waals surface area (Å²) in [7, 11) is 1.85. The van der Waals surface area contributed by atoms with Crippen LogP contribution in [0.2, 0.25) is 5.02 Å². The van der Waals surface area contributed by atoms with E-state index >= 15 is 0 Å². The first-order valence-corrected chi connectivity index (χ1v) is 7.34. The van der Waals surface area contributed by atoms with Gasteiger partial charge in [0.15, 0.2) is 0 Å². The molecule has 0 spiro atoms. The summed E-state index contributed by atoms with van der Waals surface area (Å²) < 4.78 is 12.9. The summed E-state index contributed by atoms with van der Waals surface area (Å²) in [6.07, 6.45) is 0.